The van der Waals surface area contributed by atoms with Crippen LogP contribution in [0.4, 0.5) is 0 Å². The van der Waals surface area contributed by atoms with E-state index in [1.165, 1.54) is 12.1 Å². The predicted molar refractivity (Wildman–Crippen MR) is 72.2 cm³/mol. The van der Waals surface area contributed by atoms with E-state index >= 15 is 0 Å². The van der Waals surface area contributed by atoms with Gasteiger partial charge in [-0.05, 0) is 30.9 Å². The van der Waals surface area contributed by atoms with Crippen LogP contribution in [-0.4, -0.2) is 8.42 Å². The summed E-state index contributed by atoms with van der Waals surface area (Å²) in [4.78, 5) is 0.156. The Morgan fingerprint density at radius 2 is 1.29 bits per heavy atom. The maximum atomic E-state index is 10.7. The van der Waals surface area contributed by atoms with Crippen molar-refractivity contribution in [1.29, 1.82) is 0 Å². The summed E-state index contributed by atoms with van der Waals surface area (Å²) in [5.74, 6) is 1.70. The van der Waals surface area contributed by atoms with Gasteiger partial charge in [0.05, 0.1) is 4.90 Å². The van der Waals surface area contributed by atoms with Crippen LogP contribution in [0.5, 0.6) is 0 Å². The normalized spacial score (nSPS) is 11.3. The fourth-order valence-electron chi connectivity index (χ4n) is 0.728. The Bertz CT molecular complexity index is 413. The molecule has 0 bridgehead atoms. The quantitative estimate of drug-likeness (QED) is 0.885. The minimum Gasteiger partial charge on any atom is -0.225 e. The first-order valence-corrected chi connectivity index (χ1v) is 7.28. The van der Waals surface area contributed by atoms with Crippen molar-refractivity contribution in [2.45, 2.75) is 39.5 Å². The molecule has 1 rings (SSSR count). The summed E-state index contributed by atoms with van der Waals surface area (Å²) in [6.07, 6.45) is 0. The Morgan fingerprint density at radius 3 is 1.53 bits per heavy atom. The summed E-state index contributed by atoms with van der Waals surface area (Å²) >= 11 is 0. The van der Waals surface area contributed by atoms with Crippen LogP contribution in [0.25, 0.3) is 0 Å². The van der Waals surface area contributed by atoms with Crippen LogP contribution in [0.3, 0.4) is 0 Å². The van der Waals surface area contributed by atoms with E-state index in [0.717, 1.165) is 17.4 Å². The number of hydrogen-bond donors (Lipinski definition) is 1. The van der Waals surface area contributed by atoms with Crippen molar-refractivity contribution in [2.75, 3.05) is 0 Å². The molecule has 0 aromatic heterocycles. The summed E-state index contributed by atoms with van der Waals surface area (Å²) in [7, 11) is -3.52. The molecule has 0 atom stereocenters. The highest BCUT2D eigenvalue weighted by Crippen LogP contribution is 2.07. The molecule has 0 fully saturated rings. The van der Waals surface area contributed by atoms with Gasteiger partial charge in [-0.15, -0.1) is 0 Å². The third-order valence-electron chi connectivity index (χ3n) is 2.68. The molecule has 98 valence electrons. The predicted octanol–water partition coefficient (Wildman–Crippen LogP) is 2.94. The Hall–Kier alpha value is -0.870. The van der Waals surface area contributed by atoms with Crippen molar-refractivity contribution in [3.8, 4) is 0 Å². The lowest BCUT2D eigenvalue weighted by atomic mass is 10.0. The van der Waals surface area contributed by atoms with Crippen molar-refractivity contribution in [3.63, 3.8) is 0 Å². The van der Waals surface area contributed by atoms with Gasteiger partial charge in [0, 0.05) is 0 Å². The number of benzene rings is 1. The average Bonchev–Trinajstić information content (AvgIpc) is 2.17. The van der Waals surface area contributed by atoms with Crippen molar-refractivity contribution in [2.24, 2.45) is 17.0 Å². The third kappa shape index (κ3) is 7.13. The topological polar surface area (TPSA) is 60.2 Å². The van der Waals surface area contributed by atoms with Crippen molar-refractivity contribution < 1.29 is 8.42 Å². The summed E-state index contributed by atoms with van der Waals surface area (Å²) in [5, 5.41) is 4.88. The van der Waals surface area contributed by atoms with Crippen LogP contribution in [0.15, 0.2) is 29.2 Å². The molecule has 0 aliphatic carbocycles. The lowest BCUT2D eigenvalue weighted by Gasteiger charge is -2.05. The molecular formula is C13H23NO2S. The molecule has 0 aliphatic heterocycles. The van der Waals surface area contributed by atoms with E-state index in [-0.39, 0.29) is 4.90 Å². The maximum absolute atomic E-state index is 10.7. The summed E-state index contributed by atoms with van der Waals surface area (Å²) in [6, 6.07) is 6.40. The zero-order valence-electron chi connectivity index (χ0n) is 11.3. The molecule has 0 saturated heterocycles. The second kappa shape index (κ2) is 6.77. The molecule has 0 saturated carbocycles. The zero-order valence-corrected chi connectivity index (χ0v) is 12.1. The first kappa shape index (κ1) is 16.1. The Kier molecular flexibility index (Phi) is 6.42. The smallest absolute Gasteiger partial charge is 0.225 e. The summed E-state index contributed by atoms with van der Waals surface area (Å²) in [5.41, 5.74) is 1.01. The SMILES string of the molecule is CC(C)C(C)C.Cc1ccc(S(N)(=O)=O)cc1. The second-order valence-electron chi connectivity index (χ2n) is 4.85. The largest absolute Gasteiger partial charge is 0.238 e. The third-order valence-corrected chi connectivity index (χ3v) is 3.61. The van der Waals surface area contributed by atoms with E-state index in [1.807, 2.05) is 6.92 Å². The van der Waals surface area contributed by atoms with Gasteiger partial charge < -0.3 is 0 Å². The lowest BCUT2D eigenvalue weighted by Crippen LogP contribution is -2.11. The number of hydrogen-bond acceptors (Lipinski definition) is 2. The molecule has 4 heteroatoms. The van der Waals surface area contributed by atoms with Gasteiger partial charge in [-0.3, -0.25) is 0 Å². The lowest BCUT2D eigenvalue weighted by molar-refractivity contribution is 0.457. The fourth-order valence-corrected chi connectivity index (χ4v) is 1.24. The van der Waals surface area contributed by atoms with E-state index < -0.39 is 10.0 Å². The van der Waals surface area contributed by atoms with Crippen molar-refractivity contribution >= 4 is 10.0 Å². The van der Waals surface area contributed by atoms with Crippen LogP contribution in [0.1, 0.15) is 33.3 Å². The van der Waals surface area contributed by atoms with Gasteiger partial charge in [0.1, 0.15) is 0 Å². The average molecular weight is 257 g/mol. The van der Waals surface area contributed by atoms with E-state index in [9.17, 15) is 8.42 Å². The van der Waals surface area contributed by atoms with Crippen LogP contribution < -0.4 is 5.14 Å². The fraction of sp³-hybridized carbons (Fsp3) is 0.538. The summed E-state index contributed by atoms with van der Waals surface area (Å²) < 4.78 is 21.4. The first-order chi connectivity index (χ1) is 7.64. The van der Waals surface area contributed by atoms with Crippen molar-refractivity contribution in [3.05, 3.63) is 29.8 Å². The molecule has 0 amide bonds. The second-order valence-corrected chi connectivity index (χ2v) is 6.41. The Labute approximate surface area is 105 Å². The molecule has 3 nitrogen and oxygen atoms in total. The molecule has 0 aliphatic rings. The first-order valence-electron chi connectivity index (χ1n) is 5.74. The van der Waals surface area contributed by atoms with E-state index in [2.05, 4.69) is 27.7 Å². The van der Waals surface area contributed by atoms with E-state index in [0.29, 0.717) is 0 Å². The highest BCUT2D eigenvalue weighted by Gasteiger charge is 2.04. The van der Waals surface area contributed by atoms with Crippen LogP contribution in [0, 0.1) is 18.8 Å². The van der Waals surface area contributed by atoms with Gasteiger partial charge in [-0.1, -0.05) is 45.4 Å². The molecule has 1 aromatic carbocycles. The molecule has 17 heavy (non-hydrogen) atoms. The number of rotatable bonds is 2. The highest BCUT2D eigenvalue weighted by molar-refractivity contribution is 7.89. The van der Waals surface area contributed by atoms with Gasteiger partial charge in [0.15, 0.2) is 0 Å². The molecule has 0 radical (unpaired) electrons. The number of primary sulfonamides is 1. The van der Waals surface area contributed by atoms with E-state index in [4.69, 9.17) is 5.14 Å². The minimum absolute atomic E-state index is 0.156. The van der Waals surface area contributed by atoms with Gasteiger partial charge in [-0.2, -0.15) is 0 Å². The zero-order chi connectivity index (χ0) is 13.6. The van der Waals surface area contributed by atoms with Gasteiger partial charge in [0.2, 0.25) is 10.0 Å². The Balaban J connectivity index is 0.000000366. The molecule has 0 spiro atoms. The standard InChI is InChI=1S/C7H9NO2S.C6H14/c1-6-2-4-7(5-3-6)11(8,9)10;1-5(2)6(3)4/h2-5H,1H3,(H2,8,9,10);5-6H,1-4H3. The van der Waals surface area contributed by atoms with E-state index in [1.54, 1.807) is 12.1 Å². The molecule has 1 aromatic rings. The highest BCUT2D eigenvalue weighted by atomic mass is 32.2. The van der Waals surface area contributed by atoms with Gasteiger partial charge >= 0.3 is 0 Å². The molecular weight excluding hydrogens is 234 g/mol. The number of aryl methyl sites for hydroxylation is 1. The maximum Gasteiger partial charge on any atom is 0.238 e. The van der Waals surface area contributed by atoms with Crippen LogP contribution in [-0.2, 0) is 10.0 Å². The van der Waals surface area contributed by atoms with Crippen LogP contribution in [0.2, 0.25) is 0 Å². The number of sulfonamides is 1. The summed E-state index contributed by atoms with van der Waals surface area (Å²) in [6.45, 7) is 10.8. The van der Waals surface area contributed by atoms with Crippen molar-refractivity contribution in [1.82, 2.24) is 0 Å². The monoisotopic (exact) mass is 257 g/mol. The Morgan fingerprint density at radius 1 is 0.941 bits per heavy atom. The number of nitrogens with two attached hydrogens (primary N) is 1. The molecule has 2 N–H and O–H groups in total. The van der Waals surface area contributed by atoms with Gasteiger partial charge in [-0.25, -0.2) is 13.6 Å². The van der Waals surface area contributed by atoms with Gasteiger partial charge in [0.25, 0.3) is 0 Å². The minimum atomic E-state index is -3.52. The molecule has 0 heterocycles. The molecule has 0 unspecified atom stereocenters. The van der Waals surface area contributed by atoms with Crippen LogP contribution >= 0.6 is 0 Å².